The molecule has 0 bridgehead atoms. The molecular formula is C32H30FNO3S2. The molecule has 4 nitrogen and oxygen atoms in total. The predicted molar refractivity (Wildman–Crippen MR) is 161 cm³/mol. The van der Waals surface area contributed by atoms with Gasteiger partial charge in [-0.25, -0.2) is 4.39 Å². The summed E-state index contributed by atoms with van der Waals surface area (Å²) in [4.78, 5) is 2.12. The van der Waals surface area contributed by atoms with Crippen molar-refractivity contribution in [3.8, 4) is 22.6 Å². The van der Waals surface area contributed by atoms with Crippen LogP contribution in [0.5, 0.6) is 11.5 Å². The number of hydrogen-bond donors (Lipinski definition) is 2. The average molecular weight is 560 g/mol. The van der Waals surface area contributed by atoms with Crippen molar-refractivity contribution in [3.63, 3.8) is 0 Å². The van der Waals surface area contributed by atoms with E-state index < -0.39 is 6.10 Å². The van der Waals surface area contributed by atoms with Crippen molar-refractivity contribution in [2.24, 2.45) is 0 Å². The van der Waals surface area contributed by atoms with Crippen LogP contribution < -0.4 is 9.64 Å². The summed E-state index contributed by atoms with van der Waals surface area (Å²) in [6.45, 7) is 0. The summed E-state index contributed by atoms with van der Waals surface area (Å²) in [5.74, 6) is 0.426. The highest BCUT2D eigenvalue weighted by atomic mass is 32.2. The maximum atomic E-state index is 13.3. The Balaban J connectivity index is 1.39. The topological polar surface area (TPSA) is 52.9 Å². The van der Waals surface area contributed by atoms with Gasteiger partial charge in [0.2, 0.25) is 0 Å². The van der Waals surface area contributed by atoms with E-state index in [1.54, 1.807) is 37.1 Å². The van der Waals surface area contributed by atoms with Gasteiger partial charge in [0.15, 0.2) is 0 Å². The second-order valence-corrected chi connectivity index (χ2v) is 11.4. The molecule has 4 aromatic rings. The fraction of sp³-hybridized carbons (Fsp3) is 0.219. The lowest BCUT2D eigenvalue weighted by Crippen LogP contribution is -2.29. The van der Waals surface area contributed by atoms with Gasteiger partial charge in [-0.15, -0.1) is 0 Å². The fourth-order valence-corrected chi connectivity index (χ4v) is 6.93. The van der Waals surface area contributed by atoms with Gasteiger partial charge in [0, 0.05) is 22.6 Å². The Labute approximate surface area is 238 Å². The number of thiocarbonyl (C=S) groups is 1. The molecule has 1 aliphatic heterocycles. The van der Waals surface area contributed by atoms with Crippen LogP contribution in [0.15, 0.2) is 97.1 Å². The number of benzene rings is 4. The van der Waals surface area contributed by atoms with Crippen LogP contribution in [-0.4, -0.2) is 26.9 Å². The lowest BCUT2D eigenvalue weighted by Gasteiger charge is -2.30. The van der Waals surface area contributed by atoms with E-state index in [9.17, 15) is 14.6 Å². The third-order valence-corrected chi connectivity index (χ3v) is 8.79. The number of methoxy groups -OCH3 is 1. The number of thioether (sulfide) groups is 1. The van der Waals surface area contributed by atoms with Crippen LogP contribution in [0.3, 0.4) is 0 Å². The molecule has 0 saturated carbocycles. The summed E-state index contributed by atoms with van der Waals surface area (Å²) in [7, 11) is 1.57. The number of aromatic hydroxyl groups is 1. The van der Waals surface area contributed by atoms with Crippen molar-refractivity contribution >= 4 is 34.0 Å². The first-order chi connectivity index (χ1) is 18.9. The minimum atomic E-state index is -0.668. The lowest BCUT2D eigenvalue weighted by molar-refractivity contribution is 0.163. The summed E-state index contributed by atoms with van der Waals surface area (Å²) < 4.78 is 19.3. The molecule has 0 spiro atoms. The van der Waals surface area contributed by atoms with Gasteiger partial charge in [0.05, 0.1) is 19.3 Å². The number of aliphatic hydroxyl groups excluding tert-OH is 1. The summed E-state index contributed by atoms with van der Waals surface area (Å²) in [5, 5.41) is 21.7. The van der Waals surface area contributed by atoms with E-state index in [0.29, 0.717) is 17.7 Å². The first-order valence-electron chi connectivity index (χ1n) is 12.9. The van der Waals surface area contributed by atoms with Crippen molar-refractivity contribution in [3.05, 3.63) is 114 Å². The Bertz CT molecular complexity index is 1410. The molecule has 1 saturated heterocycles. The number of halogens is 1. The molecular weight excluding hydrogens is 529 g/mol. The van der Waals surface area contributed by atoms with Crippen molar-refractivity contribution in [1.82, 2.24) is 0 Å². The largest absolute Gasteiger partial charge is 0.507 e. The van der Waals surface area contributed by atoms with Gasteiger partial charge in [-0.2, -0.15) is 0 Å². The zero-order valence-corrected chi connectivity index (χ0v) is 23.2. The summed E-state index contributed by atoms with van der Waals surface area (Å²) in [5.41, 5.74) is 4.70. The third kappa shape index (κ3) is 6.11. The van der Waals surface area contributed by atoms with Crippen molar-refractivity contribution < 1.29 is 19.3 Å². The van der Waals surface area contributed by atoms with Gasteiger partial charge >= 0.3 is 0 Å². The molecule has 0 radical (unpaired) electrons. The molecule has 5 rings (SSSR count). The van der Waals surface area contributed by atoms with E-state index in [1.165, 1.54) is 12.1 Å². The Kier molecular flexibility index (Phi) is 8.50. The third-order valence-electron chi connectivity index (χ3n) is 7.11. The van der Waals surface area contributed by atoms with E-state index in [-0.39, 0.29) is 22.9 Å². The van der Waals surface area contributed by atoms with Gasteiger partial charge in [-0.05, 0) is 72.4 Å². The Morgan fingerprint density at radius 1 is 0.949 bits per heavy atom. The van der Waals surface area contributed by atoms with E-state index in [4.69, 9.17) is 17.0 Å². The molecule has 4 aromatic carbocycles. The van der Waals surface area contributed by atoms with Gasteiger partial charge < -0.3 is 19.8 Å². The number of hydrogen-bond acceptors (Lipinski definition) is 5. The highest BCUT2D eigenvalue weighted by molar-refractivity contribution is 8.24. The molecule has 0 amide bonds. The van der Waals surface area contributed by atoms with Gasteiger partial charge in [-0.3, -0.25) is 0 Å². The molecule has 1 heterocycles. The first-order valence-corrected chi connectivity index (χ1v) is 14.2. The molecule has 0 aromatic heterocycles. The summed E-state index contributed by atoms with van der Waals surface area (Å²) in [6.07, 6.45) is 1.39. The smallest absolute Gasteiger partial charge is 0.141 e. The number of phenols is 1. The zero-order chi connectivity index (χ0) is 27.4. The summed E-state index contributed by atoms with van der Waals surface area (Å²) in [6, 6.07) is 29.7. The molecule has 39 heavy (non-hydrogen) atoms. The SMILES string of the molecule is COc1ccc([C@@H]2[C@@H](CCC[C@@H](O)c3ccc(F)cc3)SC(=S)N2c2ccc(-c3ccccc3)cc2)c(O)c1. The van der Waals surface area contributed by atoms with Gasteiger partial charge in [-0.1, -0.05) is 78.6 Å². The van der Waals surface area contributed by atoms with E-state index >= 15 is 0 Å². The number of rotatable bonds is 9. The van der Waals surface area contributed by atoms with E-state index in [0.717, 1.165) is 39.5 Å². The summed E-state index contributed by atoms with van der Waals surface area (Å²) >= 11 is 7.51. The predicted octanol–water partition coefficient (Wildman–Crippen LogP) is 8.06. The molecule has 1 aliphatic rings. The van der Waals surface area contributed by atoms with Crippen LogP contribution in [0.4, 0.5) is 10.1 Å². The Morgan fingerprint density at radius 2 is 1.64 bits per heavy atom. The highest BCUT2D eigenvalue weighted by Crippen LogP contribution is 2.49. The monoisotopic (exact) mass is 559 g/mol. The van der Waals surface area contributed by atoms with Crippen molar-refractivity contribution in [2.45, 2.75) is 36.7 Å². The highest BCUT2D eigenvalue weighted by Gasteiger charge is 2.41. The number of ether oxygens (including phenoxy) is 1. The molecule has 0 unspecified atom stereocenters. The maximum Gasteiger partial charge on any atom is 0.141 e. The van der Waals surface area contributed by atoms with Crippen LogP contribution in [0.1, 0.15) is 42.5 Å². The van der Waals surface area contributed by atoms with Crippen LogP contribution in [0.2, 0.25) is 0 Å². The average Bonchev–Trinajstić information content (AvgIpc) is 3.29. The fourth-order valence-electron chi connectivity index (χ4n) is 5.06. The van der Waals surface area contributed by atoms with Gasteiger partial charge in [0.1, 0.15) is 21.6 Å². The number of anilines is 1. The minimum Gasteiger partial charge on any atom is -0.507 e. The molecule has 200 valence electrons. The second-order valence-electron chi connectivity index (χ2n) is 9.57. The molecule has 7 heteroatoms. The molecule has 3 atom stereocenters. The van der Waals surface area contributed by atoms with Crippen LogP contribution in [0.25, 0.3) is 11.1 Å². The number of nitrogens with zero attached hydrogens (tertiary/aromatic N) is 1. The van der Waals surface area contributed by atoms with Crippen LogP contribution in [-0.2, 0) is 0 Å². The van der Waals surface area contributed by atoms with Crippen LogP contribution >= 0.6 is 24.0 Å². The minimum absolute atomic E-state index is 0.0611. The molecule has 0 aliphatic carbocycles. The van der Waals surface area contributed by atoms with Crippen molar-refractivity contribution in [1.29, 1.82) is 0 Å². The van der Waals surface area contributed by atoms with E-state index in [2.05, 4.69) is 41.3 Å². The second kappa shape index (κ2) is 12.2. The Morgan fingerprint density at radius 3 is 2.31 bits per heavy atom. The molecule has 1 fully saturated rings. The number of phenolic OH excluding ortho intramolecular Hbond substituents is 1. The van der Waals surface area contributed by atoms with E-state index in [1.807, 2.05) is 30.3 Å². The normalized spacial score (nSPS) is 17.8. The lowest BCUT2D eigenvalue weighted by atomic mass is 9.95. The first kappa shape index (κ1) is 27.2. The quantitative estimate of drug-likeness (QED) is 0.202. The maximum absolute atomic E-state index is 13.3. The van der Waals surface area contributed by atoms with Crippen molar-refractivity contribution in [2.75, 3.05) is 12.0 Å². The number of aliphatic hydroxyl groups is 1. The Hall–Kier alpha value is -3.39. The van der Waals surface area contributed by atoms with Crippen LogP contribution in [0, 0.1) is 5.82 Å². The zero-order valence-electron chi connectivity index (χ0n) is 21.5. The standard InChI is InChI=1S/C32H30FNO3S2/c1-37-26-18-19-27(29(36)20-26)31-30(9-5-8-28(35)23-10-14-24(33)15-11-23)39-32(38)34(31)25-16-12-22(13-17-25)21-6-3-2-4-7-21/h2-4,6-7,10-20,28,30-31,35-36H,5,8-9H2,1H3/t28-,30-,31-/m1/s1. The molecule has 2 N–H and O–H groups in total. The van der Waals surface area contributed by atoms with Gasteiger partial charge in [0.25, 0.3) is 0 Å².